The number of hydrogen-bond acceptors (Lipinski definition) is 5. The fourth-order valence-electron chi connectivity index (χ4n) is 1.63. The van der Waals surface area contributed by atoms with E-state index in [1.807, 2.05) is 17.5 Å². The van der Waals surface area contributed by atoms with Gasteiger partial charge in [0.1, 0.15) is 0 Å². The maximum Gasteiger partial charge on any atom is 0.217 e. The number of hydrogen-bond donors (Lipinski definition) is 1. The summed E-state index contributed by atoms with van der Waals surface area (Å²) >= 11 is 1.64. The Balaban J connectivity index is 1.87. The topological polar surface area (TPSA) is 54.5 Å². The Kier molecular flexibility index (Phi) is 4.72. The summed E-state index contributed by atoms with van der Waals surface area (Å²) in [6, 6.07) is 0. The van der Waals surface area contributed by atoms with Crippen molar-refractivity contribution in [1.82, 2.24) is 10.3 Å². The standard InChI is InChI=1S/C12H17N3O2S/c1-10(16)13-4-2-3-11-9-18-12(14-11)15-5-7-17-8-6-15/h2-3,9H,4-8H2,1H3,(H,13,16). The number of aromatic nitrogens is 1. The number of rotatable bonds is 4. The van der Waals surface area contributed by atoms with Gasteiger partial charge in [-0.25, -0.2) is 4.98 Å². The largest absolute Gasteiger partial charge is 0.378 e. The predicted octanol–water partition coefficient (Wildman–Crippen LogP) is 1.13. The third-order valence-corrected chi connectivity index (χ3v) is 3.47. The van der Waals surface area contributed by atoms with Gasteiger partial charge in [0.15, 0.2) is 5.13 Å². The first-order valence-corrected chi connectivity index (χ1v) is 6.83. The number of carbonyl (C=O) groups is 1. The summed E-state index contributed by atoms with van der Waals surface area (Å²) in [7, 11) is 0. The summed E-state index contributed by atoms with van der Waals surface area (Å²) in [4.78, 5) is 17.5. The van der Waals surface area contributed by atoms with Crippen molar-refractivity contribution in [2.24, 2.45) is 0 Å². The lowest BCUT2D eigenvalue weighted by molar-refractivity contribution is -0.118. The van der Waals surface area contributed by atoms with E-state index in [0.29, 0.717) is 6.54 Å². The Morgan fingerprint density at radius 2 is 2.39 bits per heavy atom. The van der Waals surface area contributed by atoms with Crippen molar-refractivity contribution in [3.8, 4) is 0 Å². The number of morpholine rings is 1. The zero-order valence-corrected chi connectivity index (χ0v) is 11.2. The molecule has 0 aliphatic carbocycles. The van der Waals surface area contributed by atoms with Crippen molar-refractivity contribution in [2.75, 3.05) is 37.7 Å². The monoisotopic (exact) mass is 267 g/mol. The molecule has 1 aromatic rings. The number of nitrogens with zero attached hydrogens (tertiary/aromatic N) is 2. The van der Waals surface area contributed by atoms with Crippen LogP contribution >= 0.6 is 11.3 Å². The minimum absolute atomic E-state index is 0.0214. The van der Waals surface area contributed by atoms with E-state index >= 15 is 0 Å². The van der Waals surface area contributed by atoms with E-state index in [4.69, 9.17) is 4.74 Å². The molecule has 0 saturated carbocycles. The molecule has 1 aliphatic heterocycles. The van der Waals surface area contributed by atoms with Gasteiger partial charge in [-0.3, -0.25) is 4.79 Å². The van der Waals surface area contributed by atoms with E-state index in [1.54, 1.807) is 11.3 Å². The van der Waals surface area contributed by atoms with Crippen molar-refractivity contribution in [3.63, 3.8) is 0 Å². The highest BCUT2D eigenvalue weighted by atomic mass is 32.1. The van der Waals surface area contributed by atoms with Crippen molar-refractivity contribution in [1.29, 1.82) is 0 Å². The summed E-state index contributed by atoms with van der Waals surface area (Å²) < 4.78 is 5.31. The van der Waals surface area contributed by atoms with E-state index in [9.17, 15) is 4.79 Å². The number of amides is 1. The fourth-order valence-corrected chi connectivity index (χ4v) is 2.48. The molecule has 98 valence electrons. The summed E-state index contributed by atoms with van der Waals surface area (Å²) in [5.74, 6) is -0.0214. The van der Waals surface area contributed by atoms with Crippen molar-refractivity contribution in [2.45, 2.75) is 6.92 Å². The predicted molar refractivity (Wildman–Crippen MR) is 72.9 cm³/mol. The minimum Gasteiger partial charge on any atom is -0.378 e. The van der Waals surface area contributed by atoms with E-state index < -0.39 is 0 Å². The third kappa shape index (κ3) is 3.82. The number of carbonyl (C=O) groups excluding carboxylic acids is 1. The van der Waals surface area contributed by atoms with Crippen LogP contribution in [0.2, 0.25) is 0 Å². The molecule has 1 fully saturated rings. The van der Waals surface area contributed by atoms with Crippen LogP contribution in [0.3, 0.4) is 0 Å². The van der Waals surface area contributed by atoms with Gasteiger partial charge in [-0.05, 0) is 6.08 Å². The molecule has 1 saturated heterocycles. The molecular weight excluding hydrogens is 250 g/mol. The van der Waals surface area contributed by atoms with Gasteiger partial charge < -0.3 is 15.0 Å². The molecule has 1 amide bonds. The van der Waals surface area contributed by atoms with Crippen molar-refractivity contribution >= 4 is 28.5 Å². The lowest BCUT2D eigenvalue weighted by Gasteiger charge is -2.25. The summed E-state index contributed by atoms with van der Waals surface area (Å²) in [5, 5.41) is 5.77. The molecule has 0 unspecified atom stereocenters. The van der Waals surface area contributed by atoms with Gasteiger partial charge in [-0.1, -0.05) is 6.08 Å². The van der Waals surface area contributed by atoms with Gasteiger partial charge >= 0.3 is 0 Å². The van der Waals surface area contributed by atoms with Gasteiger partial charge in [0.05, 0.1) is 18.9 Å². The van der Waals surface area contributed by atoms with Crippen LogP contribution in [0.5, 0.6) is 0 Å². The summed E-state index contributed by atoms with van der Waals surface area (Å²) in [5.41, 5.74) is 0.937. The maximum atomic E-state index is 10.7. The second kappa shape index (κ2) is 6.51. The zero-order chi connectivity index (χ0) is 12.8. The SMILES string of the molecule is CC(=O)NCC=Cc1csc(N2CCOCC2)n1. The van der Waals surface area contributed by atoms with Gasteiger partial charge in [-0.2, -0.15) is 0 Å². The van der Waals surface area contributed by atoms with Crippen molar-refractivity contribution < 1.29 is 9.53 Å². The van der Waals surface area contributed by atoms with Gasteiger partial charge in [0.2, 0.25) is 5.91 Å². The highest BCUT2D eigenvalue weighted by molar-refractivity contribution is 7.13. The Morgan fingerprint density at radius 1 is 1.61 bits per heavy atom. The smallest absolute Gasteiger partial charge is 0.217 e. The first-order chi connectivity index (χ1) is 8.75. The quantitative estimate of drug-likeness (QED) is 0.888. The lowest BCUT2D eigenvalue weighted by atomic mass is 10.4. The molecule has 6 heteroatoms. The number of nitrogens with one attached hydrogen (secondary N) is 1. The molecule has 1 aliphatic rings. The molecule has 2 rings (SSSR count). The molecule has 2 heterocycles. The molecule has 0 aromatic carbocycles. The second-order valence-electron chi connectivity index (χ2n) is 3.99. The summed E-state index contributed by atoms with van der Waals surface area (Å²) in [6.07, 6.45) is 3.83. The van der Waals surface area contributed by atoms with E-state index in [-0.39, 0.29) is 5.91 Å². The van der Waals surface area contributed by atoms with Crippen LogP contribution in [0.1, 0.15) is 12.6 Å². The molecule has 0 radical (unpaired) electrons. The van der Waals surface area contributed by atoms with Crippen LogP contribution in [0, 0.1) is 0 Å². The zero-order valence-electron chi connectivity index (χ0n) is 10.4. The molecule has 18 heavy (non-hydrogen) atoms. The van der Waals surface area contributed by atoms with Crippen LogP contribution in [-0.2, 0) is 9.53 Å². The Hall–Kier alpha value is -1.40. The maximum absolute atomic E-state index is 10.7. The lowest BCUT2D eigenvalue weighted by Crippen LogP contribution is -2.36. The average Bonchev–Trinajstić information content (AvgIpc) is 2.84. The van der Waals surface area contributed by atoms with Gasteiger partial charge in [0.25, 0.3) is 0 Å². The van der Waals surface area contributed by atoms with Crippen LogP contribution in [0.15, 0.2) is 11.5 Å². The summed E-state index contributed by atoms with van der Waals surface area (Å²) in [6.45, 7) is 5.40. The normalized spacial score (nSPS) is 16.2. The van der Waals surface area contributed by atoms with Crippen LogP contribution in [0.4, 0.5) is 5.13 Å². The first-order valence-electron chi connectivity index (χ1n) is 5.95. The van der Waals surface area contributed by atoms with Gasteiger partial charge in [0, 0.05) is 31.9 Å². The number of ether oxygens (including phenoxy) is 1. The average molecular weight is 267 g/mol. The highest BCUT2D eigenvalue weighted by Crippen LogP contribution is 2.21. The first kappa shape index (κ1) is 13.0. The Labute approximate surface area is 110 Å². The van der Waals surface area contributed by atoms with Crippen LogP contribution < -0.4 is 10.2 Å². The molecule has 1 N–H and O–H groups in total. The second-order valence-corrected chi connectivity index (χ2v) is 4.83. The number of thiazole rings is 1. The van der Waals surface area contributed by atoms with E-state index in [2.05, 4.69) is 15.2 Å². The Morgan fingerprint density at radius 3 is 3.11 bits per heavy atom. The van der Waals surface area contributed by atoms with Crippen LogP contribution in [-0.4, -0.2) is 43.7 Å². The minimum atomic E-state index is -0.0214. The Bertz CT molecular complexity index is 425. The third-order valence-electron chi connectivity index (χ3n) is 2.55. The van der Waals surface area contributed by atoms with Crippen LogP contribution in [0.25, 0.3) is 6.08 Å². The van der Waals surface area contributed by atoms with Crippen molar-refractivity contribution in [3.05, 3.63) is 17.2 Å². The fraction of sp³-hybridized carbons (Fsp3) is 0.500. The molecule has 0 atom stereocenters. The molecule has 0 spiro atoms. The van der Waals surface area contributed by atoms with E-state index in [0.717, 1.165) is 37.1 Å². The molecular formula is C12H17N3O2S. The molecule has 5 nitrogen and oxygen atoms in total. The van der Waals surface area contributed by atoms with E-state index in [1.165, 1.54) is 6.92 Å². The van der Waals surface area contributed by atoms with Gasteiger partial charge in [-0.15, -0.1) is 11.3 Å². The number of anilines is 1. The molecule has 0 bridgehead atoms. The molecule has 1 aromatic heterocycles. The highest BCUT2D eigenvalue weighted by Gasteiger charge is 2.13.